The summed E-state index contributed by atoms with van der Waals surface area (Å²) in [4.78, 5) is 16.3. The molecule has 3 heteroatoms. The molecule has 22 heavy (non-hydrogen) atoms. The van der Waals surface area contributed by atoms with Crippen molar-refractivity contribution in [2.45, 2.75) is 66.3 Å². The van der Waals surface area contributed by atoms with Crippen LogP contribution in [0.15, 0.2) is 24.5 Å². The zero-order chi connectivity index (χ0) is 16.4. The first-order chi connectivity index (χ1) is 10.3. The van der Waals surface area contributed by atoms with E-state index in [0.717, 1.165) is 12.8 Å². The van der Waals surface area contributed by atoms with Crippen LogP contribution in [0.3, 0.4) is 0 Å². The van der Waals surface area contributed by atoms with Crippen LogP contribution in [0.1, 0.15) is 70.7 Å². The van der Waals surface area contributed by atoms with E-state index in [-0.39, 0.29) is 5.91 Å². The summed E-state index contributed by atoms with van der Waals surface area (Å²) in [5, 5.41) is 3.18. The number of amides is 1. The topological polar surface area (TPSA) is 42.0 Å². The largest absolute Gasteiger partial charge is 0.349 e. The van der Waals surface area contributed by atoms with Crippen LogP contribution in [0.4, 0.5) is 0 Å². The highest BCUT2D eigenvalue weighted by Gasteiger charge is 2.46. The number of pyridine rings is 1. The molecule has 1 aromatic heterocycles. The number of hydrogen-bond donors (Lipinski definition) is 1. The molecule has 0 saturated heterocycles. The molecule has 1 N–H and O–H groups in total. The lowest BCUT2D eigenvalue weighted by molar-refractivity contribution is -0.0158. The quantitative estimate of drug-likeness (QED) is 0.896. The maximum absolute atomic E-state index is 12.3. The zero-order valence-corrected chi connectivity index (χ0v) is 14.6. The molecule has 1 amide bonds. The van der Waals surface area contributed by atoms with Crippen LogP contribution in [0.25, 0.3) is 0 Å². The first kappa shape index (κ1) is 17.0. The highest BCUT2D eigenvalue weighted by atomic mass is 16.1. The van der Waals surface area contributed by atoms with E-state index in [1.165, 1.54) is 12.8 Å². The minimum atomic E-state index is 0.00547. The van der Waals surface area contributed by atoms with E-state index in [2.05, 4.69) is 44.9 Å². The van der Waals surface area contributed by atoms with Gasteiger partial charge in [0.2, 0.25) is 0 Å². The number of hydrogen-bond acceptors (Lipinski definition) is 2. The predicted octanol–water partition coefficient (Wildman–Crippen LogP) is 4.44. The van der Waals surface area contributed by atoms with Gasteiger partial charge in [0.25, 0.3) is 5.91 Å². The summed E-state index contributed by atoms with van der Waals surface area (Å²) in [6.45, 7) is 11.8. The zero-order valence-electron chi connectivity index (χ0n) is 14.6. The van der Waals surface area contributed by atoms with Crippen molar-refractivity contribution in [1.29, 1.82) is 0 Å². The van der Waals surface area contributed by atoms with E-state index in [1.807, 2.05) is 6.07 Å². The number of aromatic nitrogens is 1. The minimum Gasteiger partial charge on any atom is -0.349 e. The number of nitrogens with zero attached hydrogens (tertiary/aromatic N) is 1. The molecule has 3 nitrogen and oxygen atoms in total. The van der Waals surface area contributed by atoms with Crippen LogP contribution in [0.2, 0.25) is 0 Å². The maximum atomic E-state index is 12.3. The third-order valence-electron chi connectivity index (χ3n) is 5.74. The molecule has 0 radical (unpaired) electrons. The number of nitrogens with one attached hydrogen (secondary N) is 1. The molecule has 122 valence electrons. The molecule has 0 atom stereocenters. The van der Waals surface area contributed by atoms with Crippen LogP contribution in [-0.4, -0.2) is 16.9 Å². The Hall–Kier alpha value is -1.38. The summed E-state index contributed by atoms with van der Waals surface area (Å²) < 4.78 is 0. The predicted molar refractivity (Wildman–Crippen MR) is 90.7 cm³/mol. The summed E-state index contributed by atoms with van der Waals surface area (Å²) in [5.74, 6) is 0.674. The second kappa shape index (κ2) is 6.39. The standard InChI is InChI=1S/C19H30N2O/c1-14(2)19(18(3,4)5)10-8-16(9-11-19)21-17(22)15-7-6-12-20-13-15/h6-7,12-14,16H,8-11H2,1-5H3,(H,21,22). The molecule has 1 heterocycles. The van der Waals surface area contributed by atoms with Gasteiger partial charge >= 0.3 is 0 Å². The van der Waals surface area contributed by atoms with Crippen LogP contribution in [0.5, 0.6) is 0 Å². The fourth-order valence-corrected chi connectivity index (χ4v) is 4.24. The Morgan fingerprint density at radius 3 is 2.41 bits per heavy atom. The Morgan fingerprint density at radius 2 is 1.95 bits per heavy atom. The second-order valence-electron chi connectivity index (χ2n) is 8.05. The highest BCUT2D eigenvalue weighted by molar-refractivity contribution is 5.93. The van der Waals surface area contributed by atoms with Gasteiger partial charge in [0, 0.05) is 18.4 Å². The van der Waals surface area contributed by atoms with E-state index in [9.17, 15) is 4.79 Å². The highest BCUT2D eigenvalue weighted by Crippen LogP contribution is 2.54. The average Bonchev–Trinajstić information content (AvgIpc) is 2.47. The van der Waals surface area contributed by atoms with Gasteiger partial charge in [-0.1, -0.05) is 34.6 Å². The van der Waals surface area contributed by atoms with E-state index in [4.69, 9.17) is 0 Å². The van der Waals surface area contributed by atoms with Gasteiger partial charge in [-0.25, -0.2) is 0 Å². The van der Waals surface area contributed by atoms with Gasteiger partial charge in [-0.3, -0.25) is 9.78 Å². The minimum absolute atomic E-state index is 0.00547. The molecule has 1 aliphatic carbocycles. The molecule has 0 bridgehead atoms. The lowest BCUT2D eigenvalue weighted by atomic mass is 9.54. The van der Waals surface area contributed by atoms with E-state index < -0.39 is 0 Å². The molecular formula is C19H30N2O. The first-order valence-corrected chi connectivity index (χ1v) is 8.47. The van der Waals surface area contributed by atoms with Crippen LogP contribution in [-0.2, 0) is 0 Å². The molecule has 1 aliphatic rings. The van der Waals surface area contributed by atoms with Crippen molar-refractivity contribution in [3.63, 3.8) is 0 Å². The van der Waals surface area contributed by atoms with Gasteiger partial charge < -0.3 is 5.32 Å². The van der Waals surface area contributed by atoms with E-state index in [0.29, 0.717) is 28.4 Å². The lowest BCUT2D eigenvalue weighted by Gasteiger charge is -2.52. The van der Waals surface area contributed by atoms with Crippen LogP contribution in [0, 0.1) is 16.7 Å². The number of carbonyl (C=O) groups is 1. The summed E-state index contributed by atoms with van der Waals surface area (Å²) in [6.07, 6.45) is 7.84. The Kier molecular flexibility index (Phi) is 4.93. The summed E-state index contributed by atoms with van der Waals surface area (Å²) in [6, 6.07) is 3.92. The van der Waals surface area contributed by atoms with Crippen molar-refractivity contribution >= 4 is 5.91 Å². The summed E-state index contributed by atoms with van der Waals surface area (Å²) in [7, 11) is 0. The van der Waals surface area contributed by atoms with E-state index >= 15 is 0 Å². The lowest BCUT2D eigenvalue weighted by Crippen LogP contribution is -2.47. The molecule has 1 saturated carbocycles. The monoisotopic (exact) mass is 302 g/mol. The smallest absolute Gasteiger partial charge is 0.253 e. The Morgan fingerprint density at radius 1 is 1.32 bits per heavy atom. The molecule has 2 rings (SSSR count). The van der Waals surface area contributed by atoms with Crippen molar-refractivity contribution in [3.05, 3.63) is 30.1 Å². The van der Waals surface area contributed by atoms with Crippen molar-refractivity contribution in [2.75, 3.05) is 0 Å². The molecule has 0 unspecified atom stereocenters. The summed E-state index contributed by atoms with van der Waals surface area (Å²) in [5.41, 5.74) is 1.33. The first-order valence-electron chi connectivity index (χ1n) is 8.47. The third kappa shape index (κ3) is 3.34. The van der Waals surface area contributed by atoms with Gasteiger partial charge in [0.1, 0.15) is 0 Å². The second-order valence-corrected chi connectivity index (χ2v) is 8.05. The SMILES string of the molecule is CC(C)C1(C(C)(C)C)CCC(NC(=O)c2cccnc2)CC1. The summed E-state index contributed by atoms with van der Waals surface area (Å²) >= 11 is 0. The molecule has 1 fully saturated rings. The normalized spacial score (nSPS) is 26.0. The van der Waals surface area contributed by atoms with Gasteiger partial charge in [0.15, 0.2) is 0 Å². The molecule has 0 spiro atoms. The van der Waals surface area contributed by atoms with Gasteiger partial charge in [-0.15, -0.1) is 0 Å². The average molecular weight is 302 g/mol. The van der Waals surface area contributed by atoms with Crippen molar-refractivity contribution < 1.29 is 4.79 Å². The van der Waals surface area contributed by atoms with Crippen molar-refractivity contribution in [3.8, 4) is 0 Å². The molecule has 0 aliphatic heterocycles. The fraction of sp³-hybridized carbons (Fsp3) is 0.684. The van der Waals surface area contributed by atoms with Crippen molar-refractivity contribution in [2.24, 2.45) is 16.7 Å². The fourth-order valence-electron chi connectivity index (χ4n) is 4.24. The number of carbonyl (C=O) groups excluding carboxylic acids is 1. The number of rotatable bonds is 3. The van der Waals surface area contributed by atoms with Gasteiger partial charge in [0.05, 0.1) is 5.56 Å². The molecule has 0 aromatic carbocycles. The van der Waals surface area contributed by atoms with Crippen LogP contribution >= 0.6 is 0 Å². The maximum Gasteiger partial charge on any atom is 0.253 e. The third-order valence-corrected chi connectivity index (χ3v) is 5.74. The Bertz CT molecular complexity index is 494. The van der Waals surface area contributed by atoms with Crippen molar-refractivity contribution in [1.82, 2.24) is 10.3 Å². The Balaban J connectivity index is 1.99. The molecular weight excluding hydrogens is 272 g/mol. The van der Waals surface area contributed by atoms with Gasteiger partial charge in [-0.2, -0.15) is 0 Å². The molecule has 1 aromatic rings. The van der Waals surface area contributed by atoms with Crippen LogP contribution < -0.4 is 5.32 Å². The van der Waals surface area contributed by atoms with E-state index in [1.54, 1.807) is 18.5 Å². The Labute approximate surface area is 134 Å². The van der Waals surface area contributed by atoms with Gasteiger partial charge in [-0.05, 0) is 54.6 Å².